The lowest BCUT2D eigenvalue weighted by Gasteiger charge is -2.41. The minimum atomic E-state index is -0.621. The molecule has 2 atom stereocenters. The van der Waals surface area contributed by atoms with Crippen molar-refractivity contribution in [3.8, 4) is 0 Å². The molecule has 2 aromatic carbocycles. The van der Waals surface area contributed by atoms with Crippen LogP contribution in [-0.4, -0.2) is 13.1 Å². The van der Waals surface area contributed by atoms with Gasteiger partial charge in [0.15, 0.2) is 0 Å². The smallest absolute Gasteiger partial charge is 0.314 e. The van der Waals surface area contributed by atoms with E-state index >= 15 is 0 Å². The largest absolute Gasteiger partial charge is 0.469 e. The van der Waals surface area contributed by atoms with Gasteiger partial charge in [-0.15, -0.1) is 0 Å². The number of anilines is 1. The summed E-state index contributed by atoms with van der Waals surface area (Å²) in [5.41, 5.74) is 2.72. The van der Waals surface area contributed by atoms with Gasteiger partial charge in [-0.1, -0.05) is 48.5 Å². The summed E-state index contributed by atoms with van der Waals surface area (Å²) in [6.07, 6.45) is 0.669. The van der Waals surface area contributed by atoms with Gasteiger partial charge in [0.2, 0.25) is 0 Å². The van der Waals surface area contributed by atoms with Crippen LogP contribution < -0.4 is 5.32 Å². The quantitative estimate of drug-likeness (QED) is 0.855. The number of carbonyl (C=O) groups is 1. The lowest BCUT2D eigenvalue weighted by Crippen LogP contribution is -2.44. The summed E-state index contributed by atoms with van der Waals surface area (Å²) in [5, 5.41) is 3.52. The molecular formula is C18H19NO2. The van der Waals surface area contributed by atoms with Crippen molar-refractivity contribution in [1.82, 2.24) is 0 Å². The van der Waals surface area contributed by atoms with Gasteiger partial charge in [0.1, 0.15) is 0 Å². The third kappa shape index (κ3) is 2.29. The molecule has 1 aliphatic rings. The Bertz CT molecular complexity index is 653. The standard InChI is InChI=1S/C18H19NO2/c1-18(17(20)21-2)12-14-10-6-7-11-15(14)19-16(18)13-8-4-3-5-9-13/h3-11,16,19H,12H2,1-2H3/t16-,18+/m1/s1. The number of benzene rings is 2. The zero-order chi connectivity index (χ0) is 14.9. The fourth-order valence-corrected chi connectivity index (χ4v) is 3.15. The zero-order valence-corrected chi connectivity index (χ0v) is 12.3. The number of methoxy groups -OCH3 is 1. The Labute approximate surface area is 124 Å². The molecule has 0 aliphatic carbocycles. The monoisotopic (exact) mass is 281 g/mol. The van der Waals surface area contributed by atoms with Gasteiger partial charge in [-0.3, -0.25) is 4.79 Å². The molecule has 0 saturated carbocycles. The molecule has 0 spiro atoms. The summed E-state index contributed by atoms with van der Waals surface area (Å²) in [6.45, 7) is 1.97. The van der Waals surface area contributed by atoms with Crippen molar-refractivity contribution in [2.45, 2.75) is 19.4 Å². The highest BCUT2D eigenvalue weighted by Crippen LogP contribution is 2.45. The van der Waals surface area contributed by atoms with E-state index in [1.54, 1.807) is 0 Å². The minimum absolute atomic E-state index is 0.0963. The topological polar surface area (TPSA) is 38.3 Å². The molecule has 0 bridgehead atoms. The number of fused-ring (bicyclic) bond motifs is 1. The van der Waals surface area contributed by atoms with Gasteiger partial charge in [0, 0.05) is 5.69 Å². The molecule has 21 heavy (non-hydrogen) atoms. The number of ether oxygens (including phenoxy) is 1. The van der Waals surface area contributed by atoms with E-state index in [1.807, 2.05) is 49.4 Å². The lowest BCUT2D eigenvalue weighted by atomic mass is 9.71. The van der Waals surface area contributed by atoms with E-state index < -0.39 is 5.41 Å². The maximum atomic E-state index is 12.4. The summed E-state index contributed by atoms with van der Waals surface area (Å²) >= 11 is 0. The fourth-order valence-electron chi connectivity index (χ4n) is 3.15. The average Bonchev–Trinajstić information content (AvgIpc) is 2.54. The maximum absolute atomic E-state index is 12.4. The molecule has 0 radical (unpaired) electrons. The van der Waals surface area contributed by atoms with Gasteiger partial charge in [0.25, 0.3) is 0 Å². The van der Waals surface area contributed by atoms with Crippen LogP contribution in [0.3, 0.4) is 0 Å². The Morgan fingerprint density at radius 1 is 1.14 bits per heavy atom. The Morgan fingerprint density at radius 3 is 2.52 bits per heavy atom. The second kappa shape index (κ2) is 5.24. The lowest BCUT2D eigenvalue weighted by molar-refractivity contribution is -0.153. The van der Waals surface area contributed by atoms with Crippen LogP contribution in [0, 0.1) is 5.41 Å². The van der Waals surface area contributed by atoms with Crippen molar-refractivity contribution in [2.75, 3.05) is 12.4 Å². The first-order chi connectivity index (χ1) is 10.1. The van der Waals surface area contributed by atoms with Crippen molar-refractivity contribution >= 4 is 11.7 Å². The molecule has 3 nitrogen and oxygen atoms in total. The number of esters is 1. The molecule has 0 amide bonds. The Kier molecular flexibility index (Phi) is 3.42. The Morgan fingerprint density at radius 2 is 1.81 bits per heavy atom. The van der Waals surface area contributed by atoms with E-state index in [2.05, 4.69) is 17.4 Å². The van der Waals surface area contributed by atoms with Gasteiger partial charge >= 0.3 is 5.97 Å². The molecule has 3 rings (SSSR count). The van der Waals surface area contributed by atoms with Gasteiger partial charge in [0.05, 0.1) is 18.6 Å². The molecule has 0 unspecified atom stereocenters. The Balaban J connectivity index is 2.09. The summed E-state index contributed by atoms with van der Waals surface area (Å²) in [7, 11) is 1.45. The molecule has 0 fully saturated rings. The van der Waals surface area contributed by atoms with Crippen LogP contribution in [0.5, 0.6) is 0 Å². The zero-order valence-electron chi connectivity index (χ0n) is 12.3. The summed E-state index contributed by atoms with van der Waals surface area (Å²) in [4.78, 5) is 12.4. The Hall–Kier alpha value is -2.29. The number of para-hydroxylation sites is 1. The molecule has 108 valence electrons. The van der Waals surface area contributed by atoms with Gasteiger partial charge < -0.3 is 10.1 Å². The molecular weight excluding hydrogens is 262 g/mol. The van der Waals surface area contributed by atoms with Crippen molar-refractivity contribution in [2.24, 2.45) is 5.41 Å². The van der Waals surface area contributed by atoms with Crippen molar-refractivity contribution < 1.29 is 9.53 Å². The number of carbonyl (C=O) groups excluding carboxylic acids is 1. The van der Waals surface area contributed by atoms with Crippen LogP contribution in [0.15, 0.2) is 54.6 Å². The predicted molar refractivity (Wildman–Crippen MR) is 83.1 cm³/mol. The molecule has 1 heterocycles. The molecule has 2 aromatic rings. The summed E-state index contributed by atoms with van der Waals surface area (Å²) in [5.74, 6) is -0.182. The van der Waals surface area contributed by atoms with Crippen LogP contribution in [0.4, 0.5) is 5.69 Å². The first kappa shape index (κ1) is 13.7. The highest BCUT2D eigenvalue weighted by Gasteiger charge is 2.46. The maximum Gasteiger partial charge on any atom is 0.314 e. The van der Waals surface area contributed by atoms with E-state index in [0.29, 0.717) is 6.42 Å². The number of hydrogen-bond donors (Lipinski definition) is 1. The van der Waals surface area contributed by atoms with Crippen molar-refractivity contribution in [3.63, 3.8) is 0 Å². The molecule has 0 aromatic heterocycles. The number of hydrogen-bond acceptors (Lipinski definition) is 3. The van der Waals surface area contributed by atoms with Crippen molar-refractivity contribution in [1.29, 1.82) is 0 Å². The van der Waals surface area contributed by atoms with E-state index in [-0.39, 0.29) is 12.0 Å². The van der Waals surface area contributed by atoms with E-state index in [4.69, 9.17) is 4.74 Å². The molecule has 1 aliphatic heterocycles. The fraction of sp³-hybridized carbons (Fsp3) is 0.278. The highest BCUT2D eigenvalue weighted by molar-refractivity contribution is 5.80. The molecule has 3 heteroatoms. The van der Waals surface area contributed by atoms with Crippen LogP contribution in [0.1, 0.15) is 24.1 Å². The third-order valence-electron chi connectivity index (χ3n) is 4.30. The second-order valence-electron chi connectivity index (χ2n) is 5.73. The van der Waals surface area contributed by atoms with Gasteiger partial charge in [-0.25, -0.2) is 0 Å². The number of rotatable bonds is 2. The summed E-state index contributed by atoms with van der Waals surface area (Å²) < 4.78 is 5.08. The predicted octanol–water partition coefficient (Wildman–Crippen LogP) is 3.58. The average molecular weight is 281 g/mol. The number of nitrogens with one attached hydrogen (secondary N) is 1. The normalized spacial score (nSPS) is 23.8. The molecule has 1 N–H and O–H groups in total. The van der Waals surface area contributed by atoms with E-state index in [0.717, 1.165) is 16.8 Å². The van der Waals surface area contributed by atoms with Gasteiger partial charge in [-0.2, -0.15) is 0 Å². The highest BCUT2D eigenvalue weighted by atomic mass is 16.5. The van der Waals surface area contributed by atoms with E-state index in [1.165, 1.54) is 7.11 Å². The van der Waals surface area contributed by atoms with Crippen LogP contribution in [-0.2, 0) is 16.0 Å². The van der Waals surface area contributed by atoms with Crippen LogP contribution >= 0.6 is 0 Å². The first-order valence-electron chi connectivity index (χ1n) is 7.13. The third-order valence-corrected chi connectivity index (χ3v) is 4.30. The minimum Gasteiger partial charge on any atom is -0.469 e. The van der Waals surface area contributed by atoms with Gasteiger partial charge in [-0.05, 0) is 30.5 Å². The second-order valence-corrected chi connectivity index (χ2v) is 5.73. The SMILES string of the molecule is COC(=O)[C@@]1(C)Cc2ccccc2N[C@@H]1c1ccccc1. The van der Waals surface area contributed by atoms with Crippen LogP contribution in [0.2, 0.25) is 0 Å². The van der Waals surface area contributed by atoms with Crippen molar-refractivity contribution in [3.05, 3.63) is 65.7 Å². The molecule has 0 saturated heterocycles. The van der Waals surface area contributed by atoms with Crippen LogP contribution in [0.25, 0.3) is 0 Å². The summed E-state index contributed by atoms with van der Waals surface area (Å²) in [6, 6.07) is 18.1. The first-order valence-corrected chi connectivity index (χ1v) is 7.13. The van der Waals surface area contributed by atoms with E-state index in [9.17, 15) is 4.79 Å².